The molecule has 2 N–H and O–H groups in total. The number of carbonyl (C=O) groups excluding carboxylic acids is 1. The number of amides is 1. The quantitative estimate of drug-likeness (QED) is 0.735. The maximum absolute atomic E-state index is 14.0. The fourth-order valence-corrected chi connectivity index (χ4v) is 3.23. The van der Waals surface area contributed by atoms with E-state index in [1.807, 2.05) is 12.1 Å². The van der Waals surface area contributed by atoms with Gasteiger partial charge in [0, 0.05) is 13.0 Å². The predicted octanol–water partition coefficient (Wildman–Crippen LogP) is 3.74. The maximum Gasteiger partial charge on any atom is 0.229 e. The minimum Gasteiger partial charge on any atom is -0.352 e. The highest BCUT2D eigenvalue weighted by molar-refractivity contribution is 7.92. The van der Waals surface area contributed by atoms with Gasteiger partial charge in [0.15, 0.2) is 0 Å². The predicted molar refractivity (Wildman–Crippen MR) is 110 cm³/mol. The van der Waals surface area contributed by atoms with Gasteiger partial charge in [0.25, 0.3) is 0 Å². The normalized spacial score (nSPS) is 11.9. The van der Waals surface area contributed by atoms with Crippen LogP contribution in [-0.4, -0.2) is 20.6 Å². The molecular weight excluding hydrogens is 379 g/mol. The zero-order valence-electron chi connectivity index (χ0n) is 16.7. The van der Waals surface area contributed by atoms with Gasteiger partial charge in [0.2, 0.25) is 15.9 Å². The molecule has 0 aliphatic heterocycles. The minimum absolute atomic E-state index is 0.0948. The number of sulfonamides is 1. The van der Waals surface area contributed by atoms with Gasteiger partial charge in [0.05, 0.1) is 11.9 Å². The molecule has 0 unspecified atom stereocenters. The standard InChI is InChI=1S/C21H27FN2O3S/c1-21(2,3)17-9-5-15(6-10-17)8-12-20(25)23-14-16-7-11-19(18(22)13-16)24-28(4,26)27/h5-7,9-11,13,24H,8,12,14H2,1-4H3,(H,23,25). The summed E-state index contributed by atoms with van der Waals surface area (Å²) in [6, 6.07) is 12.4. The Balaban J connectivity index is 1.85. The Hall–Kier alpha value is -2.41. The van der Waals surface area contributed by atoms with Gasteiger partial charge < -0.3 is 5.32 Å². The Morgan fingerprint density at radius 1 is 1.04 bits per heavy atom. The number of anilines is 1. The van der Waals surface area contributed by atoms with Crippen LogP contribution in [0.4, 0.5) is 10.1 Å². The summed E-state index contributed by atoms with van der Waals surface area (Å²) in [6.45, 7) is 6.64. The van der Waals surface area contributed by atoms with Gasteiger partial charge in [-0.3, -0.25) is 9.52 Å². The molecule has 0 aliphatic rings. The SMILES string of the molecule is CC(C)(C)c1ccc(CCC(=O)NCc2ccc(NS(C)(=O)=O)c(F)c2)cc1. The summed E-state index contributed by atoms with van der Waals surface area (Å²) in [5.41, 5.74) is 2.87. The Labute approximate surface area is 166 Å². The number of halogens is 1. The Bertz CT molecular complexity index is 933. The monoisotopic (exact) mass is 406 g/mol. The molecule has 7 heteroatoms. The number of benzene rings is 2. The van der Waals surface area contributed by atoms with E-state index < -0.39 is 15.8 Å². The number of rotatable bonds is 7. The highest BCUT2D eigenvalue weighted by Gasteiger charge is 2.13. The van der Waals surface area contributed by atoms with Crippen LogP contribution in [0.2, 0.25) is 0 Å². The summed E-state index contributed by atoms with van der Waals surface area (Å²) in [6.07, 6.45) is 1.92. The third-order valence-corrected chi connectivity index (χ3v) is 4.87. The largest absolute Gasteiger partial charge is 0.352 e. The zero-order valence-corrected chi connectivity index (χ0v) is 17.5. The summed E-state index contributed by atoms with van der Waals surface area (Å²) in [4.78, 5) is 12.1. The summed E-state index contributed by atoms with van der Waals surface area (Å²) < 4.78 is 38.4. The van der Waals surface area contributed by atoms with Crippen molar-refractivity contribution < 1.29 is 17.6 Å². The molecule has 152 valence electrons. The fraction of sp³-hybridized carbons (Fsp3) is 0.381. The number of carbonyl (C=O) groups is 1. The van der Waals surface area contributed by atoms with Crippen LogP contribution in [0, 0.1) is 5.82 Å². The zero-order chi connectivity index (χ0) is 20.9. The molecular formula is C21H27FN2O3S. The Morgan fingerprint density at radius 3 is 2.18 bits per heavy atom. The number of aryl methyl sites for hydroxylation is 1. The lowest BCUT2D eigenvalue weighted by Gasteiger charge is -2.19. The van der Waals surface area contributed by atoms with Crippen molar-refractivity contribution >= 4 is 21.6 Å². The second-order valence-electron chi connectivity index (χ2n) is 7.91. The van der Waals surface area contributed by atoms with E-state index in [-0.39, 0.29) is 23.6 Å². The molecule has 2 aromatic carbocycles. The van der Waals surface area contributed by atoms with Crippen LogP contribution < -0.4 is 10.0 Å². The lowest BCUT2D eigenvalue weighted by Crippen LogP contribution is -2.23. The van der Waals surface area contributed by atoms with Crippen LogP contribution in [0.25, 0.3) is 0 Å². The third-order valence-electron chi connectivity index (χ3n) is 4.28. The molecule has 0 saturated heterocycles. The van der Waals surface area contributed by atoms with E-state index in [1.54, 1.807) is 6.07 Å². The summed E-state index contributed by atoms with van der Waals surface area (Å²) in [7, 11) is -3.54. The van der Waals surface area contributed by atoms with E-state index in [0.717, 1.165) is 11.8 Å². The molecule has 0 fully saturated rings. The van der Waals surface area contributed by atoms with Gasteiger partial charge in [-0.05, 0) is 40.7 Å². The van der Waals surface area contributed by atoms with Crippen LogP contribution >= 0.6 is 0 Å². The molecule has 28 heavy (non-hydrogen) atoms. The van der Waals surface area contributed by atoms with E-state index in [1.165, 1.54) is 17.7 Å². The lowest BCUT2D eigenvalue weighted by molar-refractivity contribution is -0.121. The molecule has 1 amide bonds. The van der Waals surface area contributed by atoms with Crippen molar-refractivity contribution in [2.45, 2.75) is 45.6 Å². The average molecular weight is 407 g/mol. The van der Waals surface area contributed by atoms with Gasteiger partial charge >= 0.3 is 0 Å². The topological polar surface area (TPSA) is 75.3 Å². The van der Waals surface area contributed by atoms with Crippen LogP contribution in [0.5, 0.6) is 0 Å². The van der Waals surface area contributed by atoms with E-state index in [2.05, 4.69) is 42.9 Å². The average Bonchev–Trinajstić information content (AvgIpc) is 2.59. The first kappa shape index (κ1) is 21.9. The molecule has 0 spiro atoms. The first-order valence-electron chi connectivity index (χ1n) is 9.06. The number of hydrogen-bond donors (Lipinski definition) is 2. The van der Waals surface area contributed by atoms with Gasteiger partial charge in [-0.25, -0.2) is 12.8 Å². The highest BCUT2D eigenvalue weighted by atomic mass is 32.2. The second-order valence-corrected chi connectivity index (χ2v) is 9.66. The summed E-state index contributed by atoms with van der Waals surface area (Å²) in [5.74, 6) is -0.810. The molecule has 0 heterocycles. The molecule has 0 aromatic heterocycles. The molecule has 5 nitrogen and oxygen atoms in total. The van der Waals surface area contributed by atoms with Crippen molar-refractivity contribution in [2.75, 3.05) is 11.0 Å². The van der Waals surface area contributed by atoms with Gasteiger partial charge in [-0.15, -0.1) is 0 Å². The first-order chi connectivity index (χ1) is 12.9. The van der Waals surface area contributed by atoms with Crippen LogP contribution in [0.3, 0.4) is 0 Å². The van der Waals surface area contributed by atoms with Gasteiger partial charge in [-0.1, -0.05) is 51.1 Å². The van der Waals surface area contributed by atoms with Crippen molar-refractivity contribution in [1.29, 1.82) is 0 Å². The molecule has 0 radical (unpaired) electrons. The Kier molecular flexibility index (Phi) is 6.82. The van der Waals surface area contributed by atoms with E-state index in [4.69, 9.17) is 0 Å². The Morgan fingerprint density at radius 2 is 1.64 bits per heavy atom. The molecule has 0 bridgehead atoms. The smallest absolute Gasteiger partial charge is 0.229 e. The number of nitrogens with one attached hydrogen (secondary N) is 2. The lowest BCUT2D eigenvalue weighted by atomic mass is 9.86. The van der Waals surface area contributed by atoms with E-state index in [0.29, 0.717) is 18.4 Å². The summed E-state index contributed by atoms with van der Waals surface area (Å²) in [5, 5.41) is 2.76. The van der Waals surface area contributed by atoms with Gasteiger partial charge in [-0.2, -0.15) is 0 Å². The fourth-order valence-electron chi connectivity index (χ4n) is 2.67. The van der Waals surface area contributed by atoms with E-state index in [9.17, 15) is 17.6 Å². The van der Waals surface area contributed by atoms with E-state index >= 15 is 0 Å². The van der Waals surface area contributed by atoms with Crippen molar-refractivity contribution in [3.8, 4) is 0 Å². The highest BCUT2D eigenvalue weighted by Crippen LogP contribution is 2.22. The maximum atomic E-state index is 14.0. The van der Waals surface area contributed by atoms with Crippen LogP contribution in [0.15, 0.2) is 42.5 Å². The third kappa shape index (κ3) is 6.96. The summed E-state index contributed by atoms with van der Waals surface area (Å²) >= 11 is 0. The molecule has 0 aliphatic carbocycles. The number of hydrogen-bond acceptors (Lipinski definition) is 3. The second kappa shape index (κ2) is 8.73. The molecule has 2 rings (SSSR count). The van der Waals surface area contributed by atoms with Crippen molar-refractivity contribution in [3.05, 3.63) is 65.0 Å². The molecule has 0 atom stereocenters. The molecule has 0 saturated carbocycles. The van der Waals surface area contributed by atoms with Crippen LogP contribution in [-0.2, 0) is 33.2 Å². The van der Waals surface area contributed by atoms with Gasteiger partial charge in [0.1, 0.15) is 5.82 Å². The minimum atomic E-state index is -3.54. The van der Waals surface area contributed by atoms with Crippen molar-refractivity contribution in [1.82, 2.24) is 5.32 Å². The van der Waals surface area contributed by atoms with Crippen molar-refractivity contribution in [3.63, 3.8) is 0 Å². The van der Waals surface area contributed by atoms with Crippen molar-refractivity contribution in [2.24, 2.45) is 0 Å². The van der Waals surface area contributed by atoms with Crippen LogP contribution in [0.1, 0.15) is 43.9 Å². The molecule has 2 aromatic rings. The first-order valence-corrected chi connectivity index (χ1v) is 11.0.